The van der Waals surface area contributed by atoms with Gasteiger partial charge in [0.1, 0.15) is 0 Å². The molecule has 5 nitrogen and oxygen atoms in total. The van der Waals surface area contributed by atoms with Crippen molar-refractivity contribution in [2.24, 2.45) is 5.92 Å². The number of esters is 1. The van der Waals surface area contributed by atoms with Crippen LogP contribution in [0, 0.1) is 5.92 Å². The van der Waals surface area contributed by atoms with Crippen LogP contribution < -0.4 is 0 Å². The number of piperidine rings is 1. The molecule has 1 rings (SSSR count). The highest BCUT2D eigenvalue weighted by Crippen LogP contribution is 2.18. The van der Waals surface area contributed by atoms with Crippen LogP contribution in [0.3, 0.4) is 0 Å². The number of hydrogen-bond acceptors (Lipinski definition) is 5. The maximum atomic E-state index is 11.8. The lowest BCUT2D eigenvalue weighted by atomic mass is 9.98. The Hall–Kier alpha value is -0.620. The van der Waals surface area contributed by atoms with Crippen LogP contribution in [-0.2, 0) is 19.4 Å². The molecule has 0 N–H and O–H groups in total. The fourth-order valence-electron chi connectivity index (χ4n) is 2.20. The zero-order valence-corrected chi connectivity index (χ0v) is 12.9. The molecule has 1 heterocycles. The Morgan fingerprint density at radius 3 is 2.68 bits per heavy atom. The van der Waals surface area contributed by atoms with Gasteiger partial charge < -0.3 is 9.64 Å². The number of sulfone groups is 1. The molecule has 0 aromatic rings. The van der Waals surface area contributed by atoms with E-state index < -0.39 is 9.84 Å². The third kappa shape index (κ3) is 5.10. The van der Waals surface area contributed by atoms with Crippen LogP contribution in [0.25, 0.3) is 0 Å². The van der Waals surface area contributed by atoms with E-state index in [9.17, 15) is 13.2 Å². The predicted octanol–water partition coefficient (Wildman–Crippen LogP) is 1.08. The molecule has 19 heavy (non-hydrogen) atoms. The van der Waals surface area contributed by atoms with Gasteiger partial charge in [0.2, 0.25) is 0 Å². The van der Waals surface area contributed by atoms with Gasteiger partial charge in [-0.1, -0.05) is 0 Å². The van der Waals surface area contributed by atoms with E-state index >= 15 is 0 Å². The Morgan fingerprint density at radius 2 is 2.11 bits per heavy atom. The minimum Gasteiger partial charge on any atom is -0.466 e. The highest BCUT2D eigenvalue weighted by atomic mass is 32.2. The SMILES string of the molecule is CCOC(=O)C1CCCN(CCS(=O)(=O)C(C)C)C1. The van der Waals surface area contributed by atoms with Crippen molar-refractivity contribution in [2.75, 3.05) is 32.0 Å². The molecule has 0 spiro atoms. The molecule has 0 saturated carbocycles. The van der Waals surface area contributed by atoms with Gasteiger partial charge in [-0.25, -0.2) is 8.42 Å². The second-order valence-electron chi connectivity index (χ2n) is 5.31. The predicted molar refractivity (Wildman–Crippen MR) is 74.7 cm³/mol. The van der Waals surface area contributed by atoms with Crippen molar-refractivity contribution in [3.05, 3.63) is 0 Å². The molecule has 0 aromatic heterocycles. The molecule has 0 radical (unpaired) electrons. The first-order chi connectivity index (χ1) is 8.86. The topological polar surface area (TPSA) is 63.7 Å². The van der Waals surface area contributed by atoms with Gasteiger partial charge in [0.05, 0.1) is 23.5 Å². The van der Waals surface area contributed by atoms with Gasteiger partial charge in [-0.05, 0) is 40.2 Å². The maximum absolute atomic E-state index is 11.8. The van der Waals surface area contributed by atoms with Crippen molar-refractivity contribution >= 4 is 15.8 Å². The fraction of sp³-hybridized carbons (Fsp3) is 0.923. The summed E-state index contributed by atoms with van der Waals surface area (Å²) in [7, 11) is -3.00. The third-order valence-corrected chi connectivity index (χ3v) is 5.72. The Balaban J connectivity index is 2.45. The normalized spacial score (nSPS) is 21.6. The van der Waals surface area contributed by atoms with E-state index in [-0.39, 0.29) is 22.9 Å². The lowest BCUT2D eigenvalue weighted by molar-refractivity contribution is -0.149. The number of rotatable bonds is 6. The van der Waals surface area contributed by atoms with Crippen LogP contribution in [0.2, 0.25) is 0 Å². The summed E-state index contributed by atoms with van der Waals surface area (Å²) in [5.74, 6) is -0.0883. The number of carbonyl (C=O) groups excluding carboxylic acids is 1. The smallest absolute Gasteiger partial charge is 0.310 e. The van der Waals surface area contributed by atoms with Crippen LogP contribution in [0.5, 0.6) is 0 Å². The Labute approximate surface area is 116 Å². The molecule has 1 aliphatic rings. The molecule has 1 aliphatic heterocycles. The van der Waals surface area contributed by atoms with E-state index in [0.717, 1.165) is 19.4 Å². The van der Waals surface area contributed by atoms with Crippen molar-refractivity contribution in [1.82, 2.24) is 4.90 Å². The summed E-state index contributed by atoms with van der Waals surface area (Å²) in [6, 6.07) is 0. The first-order valence-corrected chi connectivity index (χ1v) is 8.69. The lowest BCUT2D eigenvalue weighted by Crippen LogP contribution is -2.42. The molecule has 1 unspecified atom stereocenters. The molecule has 1 fully saturated rings. The molecular formula is C13H25NO4S. The maximum Gasteiger partial charge on any atom is 0.310 e. The average Bonchev–Trinajstić information content (AvgIpc) is 2.37. The molecule has 112 valence electrons. The average molecular weight is 291 g/mol. The van der Waals surface area contributed by atoms with Crippen molar-refractivity contribution in [1.29, 1.82) is 0 Å². The van der Waals surface area contributed by atoms with Gasteiger partial charge in [-0.15, -0.1) is 0 Å². The summed E-state index contributed by atoms with van der Waals surface area (Å²) in [6.45, 7) is 7.59. The van der Waals surface area contributed by atoms with Crippen LogP contribution in [0.1, 0.15) is 33.6 Å². The number of carbonyl (C=O) groups is 1. The summed E-state index contributed by atoms with van der Waals surface area (Å²) >= 11 is 0. The third-order valence-electron chi connectivity index (χ3n) is 3.54. The number of likely N-dealkylation sites (tertiary alicyclic amines) is 1. The molecule has 0 aliphatic carbocycles. The Bertz CT molecular complexity index is 391. The summed E-state index contributed by atoms with van der Waals surface area (Å²) in [5, 5.41) is -0.335. The number of hydrogen-bond donors (Lipinski definition) is 0. The van der Waals surface area contributed by atoms with E-state index in [2.05, 4.69) is 4.90 Å². The molecule has 0 bridgehead atoms. The van der Waals surface area contributed by atoms with Gasteiger partial charge in [-0.3, -0.25) is 4.79 Å². The standard InChI is InChI=1S/C13H25NO4S/c1-4-18-13(15)12-6-5-7-14(10-12)8-9-19(16,17)11(2)3/h11-12H,4-10H2,1-3H3. The summed E-state index contributed by atoms with van der Waals surface area (Å²) in [4.78, 5) is 13.7. The molecule has 1 atom stereocenters. The van der Waals surface area contributed by atoms with Crippen molar-refractivity contribution in [3.63, 3.8) is 0 Å². The zero-order valence-electron chi connectivity index (χ0n) is 12.1. The van der Waals surface area contributed by atoms with Gasteiger partial charge in [0, 0.05) is 13.1 Å². The van der Waals surface area contributed by atoms with Gasteiger partial charge in [-0.2, -0.15) is 0 Å². The summed E-state index contributed by atoms with van der Waals surface area (Å²) in [5.41, 5.74) is 0. The van der Waals surface area contributed by atoms with Gasteiger partial charge >= 0.3 is 5.97 Å². The van der Waals surface area contributed by atoms with Crippen molar-refractivity contribution in [3.8, 4) is 0 Å². The highest BCUT2D eigenvalue weighted by Gasteiger charge is 2.27. The second kappa shape index (κ2) is 7.24. The first-order valence-electron chi connectivity index (χ1n) is 6.97. The van der Waals surface area contributed by atoms with Crippen LogP contribution in [-0.4, -0.2) is 56.5 Å². The molecule has 1 saturated heterocycles. The second-order valence-corrected chi connectivity index (χ2v) is 7.98. The number of nitrogens with zero attached hydrogens (tertiary/aromatic N) is 1. The number of ether oxygens (including phenoxy) is 1. The van der Waals surface area contributed by atoms with Crippen LogP contribution >= 0.6 is 0 Å². The van der Waals surface area contributed by atoms with Crippen molar-refractivity contribution in [2.45, 2.75) is 38.9 Å². The summed E-state index contributed by atoms with van der Waals surface area (Å²) < 4.78 is 28.6. The van der Waals surface area contributed by atoms with E-state index in [0.29, 0.717) is 19.7 Å². The molecule has 6 heteroatoms. The molecule has 0 amide bonds. The fourth-order valence-corrected chi connectivity index (χ4v) is 3.19. The monoisotopic (exact) mass is 291 g/mol. The van der Waals surface area contributed by atoms with Crippen LogP contribution in [0.15, 0.2) is 0 Å². The summed E-state index contributed by atoms with van der Waals surface area (Å²) in [6.07, 6.45) is 1.76. The zero-order chi connectivity index (χ0) is 14.5. The minimum atomic E-state index is -3.00. The van der Waals surface area contributed by atoms with E-state index in [1.165, 1.54) is 0 Å². The quantitative estimate of drug-likeness (QED) is 0.685. The molecule has 0 aromatic carbocycles. The van der Waals surface area contributed by atoms with Crippen molar-refractivity contribution < 1.29 is 17.9 Å². The van der Waals surface area contributed by atoms with Gasteiger partial charge in [0.25, 0.3) is 0 Å². The Morgan fingerprint density at radius 1 is 1.42 bits per heavy atom. The van der Waals surface area contributed by atoms with E-state index in [4.69, 9.17) is 4.74 Å². The van der Waals surface area contributed by atoms with Gasteiger partial charge in [0.15, 0.2) is 9.84 Å². The largest absolute Gasteiger partial charge is 0.466 e. The minimum absolute atomic E-state index is 0.101. The first kappa shape index (κ1) is 16.4. The lowest BCUT2D eigenvalue weighted by Gasteiger charge is -2.31. The highest BCUT2D eigenvalue weighted by molar-refractivity contribution is 7.92. The van der Waals surface area contributed by atoms with Crippen LogP contribution in [0.4, 0.5) is 0 Å². The molecular weight excluding hydrogens is 266 g/mol. The van der Waals surface area contributed by atoms with E-state index in [1.54, 1.807) is 20.8 Å². The van der Waals surface area contributed by atoms with E-state index in [1.807, 2.05) is 0 Å². The Kier molecular flexibility index (Phi) is 6.26.